The van der Waals surface area contributed by atoms with Crippen LogP contribution in [0, 0.1) is 5.92 Å². The fraction of sp³-hybridized carbons (Fsp3) is 0.579. The van der Waals surface area contributed by atoms with E-state index in [9.17, 15) is 4.79 Å². The molecule has 0 atom stereocenters. The molecule has 1 saturated heterocycles. The molecular formula is C19H27N3O2. The van der Waals surface area contributed by atoms with Gasteiger partial charge in [-0.05, 0) is 51.2 Å². The van der Waals surface area contributed by atoms with Crippen LogP contribution in [0.4, 0.5) is 5.82 Å². The number of furan rings is 1. The molecule has 0 bridgehead atoms. The summed E-state index contributed by atoms with van der Waals surface area (Å²) in [5.74, 6) is 1.97. The van der Waals surface area contributed by atoms with Gasteiger partial charge in [-0.2, -0.15) is 0 Å². The Morgan fingerprint density at radius 2 is 2.04 bits per heavy atom. The number of aromatic nitrogens is 1. The van der Waals surface area contributed by atoms with Gasteiger partial charge >= 0.3 is 0 Å². The van der Waals surface area contributed by atoms with Crippen LogP contribution in [0.2, 0.25) is 0 Å². The van der Waals surface area contributed by atoms with E-state index in [2.05, 4.69) is 9.88 Å². The number of fused-ring (bicyclic) bond motifs is 1. The second-order valence-electron chi connectivity index (χ2n) is 6.50. The van der Waals surface area contributed by atoms with Gasteiger partial charge in [0.25, 0.3) is 0 Å². The van der Waals surface area contributed by atoms with Gasteiger partial charge in [-0.15, -0.1) is 0 Å². The second kappa shape index (κ2) is 7.69. The van der Waals surface area contributed by atoms with Crippen molar-refractivity contribution in [3.05, 3.63) is 24.6 Å². The van der Waals surface area contributed by atoms with Crippen molar-refractivity contribution in [3.8, 4) is 0 Å². The van der Waals surface area contributed by atoms with E-state index in [4.69, 9.17) is 4.42 Å². The Kier molecular flexibility index (Phi) is 5.38. The van der Waals surface area contributed by atoms with Crippen molar-refractivity contribution in [2.45, 2.75) is 39.5 Å². The van der Waals surface area contributed by atoms with Gasteiger partial charge in [0.2, 0.25) is 5.91 Å². The highest BCUT2D eigenvalue weighted by atomic mass is 16.3. The lowest BCUT2D eigenvalue weighted by molar-refractivity contribution is -0.131. The monoisotopic (exact) mass is 329 g/mol. The fourth-order valence-corrected chi connectivity index (χ4v) is 3.63. The largest absolute Gasteiger partial charge is 0.464 e. The van der Waals surface area contributed by atoms with Gasteiger partial charge < -0.3 is 14.2 Å². The molecule has 0 spiro atoms. The van der Waals surface area contributed by atoms with Crippen molar-refractivity contribution in [2.24, 2.45) is 5.92 Å². The molecule has 5 nitrogen and oxygen atoms in total. The summed E-state index contributed by atoms with van der Waals surface area (Å²) in [5.41, 5.74) is 0.895. The first-order valence-corrected chi connectivity index (χ1v) is 9.07. The standard InChI is InChI=1S/C19H27N3O2/c1-3-21(4-2)18(23)6-5-15-8-12-22(13-9-15)19-16-10-14-24-17(16)7-11-20-19/h7,10-11,14-15H,3-6,8-9,12-13H2,1-2H3. The van der Waals surface area contributed by atoms with Gasteiger partial charge in [0.05, 0.1) is 11.6 Å². The first-order chi connectivity index (χ1) is 11.7. The maximum Gasteiger partial charge on any atom is 0.222 e. The van der Waals surface area contributed by atoms with Crippen molar-refractivity contribution in [1.82, 2.24) is 9.88 Å². The topological polar surface area (TPSA) is 49.6 Å². The Bertz CT molecular complexity index is 670. The summed E-state index contributed by atoms with van der Waals surface area (Å²) in [5, 5.41) is 1.09. The van der Waals surface area contributed by atoms with Crippen LogP contribution in [0.25, 0.3) is 11.0 Å². The van der Waals surface area contributed by atoms with Crippen molar-refractivity contribution in [2.75, 3.05) is 31.1 Å². The van der Waals surface area contributed by atoms with Gasteiger partial charge in [0.15, 0.2) is 0 Å². The smallest absolute Gasteiger partial charge is 0.222 e. The van der Waals surface area contributed by atoms with Gasteiger partial charge in [-0.1, -0.05) is 0 Å². The number of rotatable bonds is 6. The van der Waals surface area contributed by atoms with E-state index in [1.807, 2.05) is 37.1 Å². The van der Waals surface area contributed by atoms with E-state index in [-0.39, 0.29) is 0 Å². The van der Waals surface area contributed by atoms with Crippen molar-refractivity contribution < 1.29 is 9.21 Å². The van der Waals surface area contributed by atoms with Crippen LogP contribution in [0.15, 0.2) is 29.0 Å². The van der Waals surface area contributed by atoms with Crippen LogP contribution >= 0.6 is 0 Å². The van der Waals surface area contributed by atoms with Crippen LogP contribution in [0.5, 0.6) is 0 Å². The van der Waals surface area contributed by atoms with E-state index in [0.717, 1.165) is 62.2 Å². The summed E-state index contributed by atoms with van der Waals surface area (Å²) in [7, 11) is 0. The summed E-state index contributed by atoms with van der Waals surface area (Å²) >= 11 is 0. The lowest BCUT2D eigenvalue weighted by Crippen LogP contribution is -2.35. The molecule has 0 unspecified atom stereocenters. The Labute approximate surface area is 143 Å². The van der Waals surface area contributed by atoms with E-state index < -0.39 is 0 Å². The average Bonchev–Trinajstić information content (AvgIpc) is 3.10. The normalized spacial score (nSPS) is 15.8. The number of anilines is 1. The Hall–Kier alpha value is -2.04. The number of hydrogen-bond acceptors (Lipinski definition) is 4. The molecule has 3 heterocycles. The van der Waals surface area contributed by atoms with Gasteiger partial charge in [-0.25, -0.2) is 4.98 Å². The Morgan fingerprint density at radius 1 is 1.29 bits per heavy atom. The quantitative estimate of drug-likeness (QED) is 0.811. The van der Waals surface area contributed by atoms with Crippen LogP contribution in [0.3, 0.4) is 0 Å². The fourth-order valence-electron chi connectivity index (χ4n) is 3.63. The molecule has 2 aromatic rings. The molecule has 5 heteroatoms. The van der Waals surface area contributed by atoms with Crippen LogP contribution < -0.4 is 4.90 Å². The van der Waals surface area contributed by atoms with E-state index in [0.29, 0.717) is 18.2 Å². The third-order valence-corrected chi connectivity index (χ3v) is 5.16. The molecule has 3 rings (SSSR count). The zero-order valence-electron chi connectivity index (χ0n) is 14.7. The van der Waals surface area contributed by atoms with Crippen LogP contribution in [-0.4, -0.2) is 42.0 Å². The number of hydrogen-bond donors (Lipinski definition) is 0. The zero-order chi connectivity index (χ0) is 16.9. The molecule has 0 N–H and O–H groups in total. The Balaban J connectivity index is 1.53. The van der Waals surface area contributed by atoms with Crippen molar-refractivity contribution in [3.63, 3.8) is 0 Å². The molecule has 24 heavy (non-hydrogen) atoms. The van der Waals surface area contributed by atoms with E-state index >= 15 is 0 Å². The molecule has 0 aliphatic carbocycles. The average molecular weight is 329 g/mol. The van der Waals surface area contributed by atoms with E-state index in [1.54, 1.807) is 6.26 Å². The molecule has 0 radical (unpaired) electrons. The third kappa shape index (κ3) is 3.55. The zero-order valence-corrected chi connectivity index (χ0v) is 14.7. The molecule has 1 amide bonds. The number of amides is 1. The molecule has 0 saturated carbocycles. The number of nitrogens with zero attached hydrogens (tertiary/aromatic N) is 3. The highest BCUT2D eigenvalue weighted by Gasteiger charge is 2.23. The summed E-state index contributed by atoms with van der Waals surface area (Å²) in [6.45, 7) is 7.72. The minimum Gasteiger partial charge on any atom is -0.464 e. The maximum absolute atomic E-state index is 12.1. The second-order valence-corrected chi connectivity index (χ2v) is 6.50. The highest BCUT2D eigenvalue weighted by molar-refractivity contribution is 5.88. The third-order valence-electron chi connectivity index (χ3n) is 5.16. The van der Waals surface area contributed by atoms with E-state index in [1.165, 1.54) is 0 Å². The van der Waals surface area contributed by atoms with Gasteiger partial charge in [0.1, 0.15) is 11.4 Å². The van der Waals surface area contributed by atoms with Crippen LogP contribution in [0.1, 0.15) is 39.5 Å². The SMILES string of the molecule is CCN(CC)C(=O)CCC1CCN(c2nccc3occc23)CC1. The van der Waals surface area contributed by atoms with Gasteiger partial charge in [-0.3, -0.25) is 4.79 Å². The van der Waals surface area contributed by atoms with Crippen LogP contribution in [-0.2, 0) is 4.79 Å². The maximum atomic E-state index is 12.1. The lowest BCUT2D eigenvalue weighted by atomic mass is 9.92. The number of carbonyl (C=O) groups is 1. The van der Waals surface area contributed by atoms with Gasteiger partial charge in [0, 0.05) is 38.8 Å². The minimum atomic E-state index is 0.298. The first kappa shape index (κ1) is 16.8. The predicted molar refractivity (Wildman–Crippen MR) is 96.1 cm³/mol. The summed E-state index contributed by atoms with van der Waals surface area (Å²) in [6.07, 6.45) is 7.48. The minimum absolute atomic E-state index is 0.298. The predicted octanol–water partition coefficient (Wildman–Crippen LogP) is 3.69. The number of piperidine rings is 1. The molecule has 1 aliphatic rings. The number of pyridine rings is 1. The van der Waals surface area contributed by atoms with Crippen molar-refractivity contribution >= 4 is 22.7 Å². The molecule has 130 valence electrons. The summed E-state index contributed by atoms with van der Waals surface area (Å²) < 4.78 is 5.47. The summed E-state index contributed by atoms with van der Waals surface area (Å²) in [6, 6.07) is 3.90. The molecular weight excluding hydrogens is 302 g/mol. The molecule has 1 aliphatic heterocycles. The number of carbonyl (C=O) groups excluding carboxylic acids is 1. The lowest BCUT2D eigenvalue weighted by Gasteiger charge is -2.33. The first-order valence-electron chi connectivity index (χ1n) is 9.07. The molecule has 2 aromatic heterocycles. The summed E-state index contributed by atoms with van der Waals surface area (Å²) in [4.78, 5) is 21.0. The molecule has 1 fully saturated rings. The molecule has 0 aromatic carbocycles. The Morgan fingerprint density at radius 3 is 2.75 bits per heavy atom. The van der Waals surface area contributed by atoms with Crippen molar-refractivity contribution in [1.29, 1.82) is 0 Å². The highest BCUT2D eigenvalue weighted by Crippen LogP contribution is 2.30.